The normalized spacial score (nSPS) is 21.8. The van der Waals surface area contributed by atoms with Crippen LogP contribution >= 0.6 is 11.8 Å². The largest absolute Gasteiger partial charge is 0.462 e. The number of rotatable bonds is 3. The molecule has 0 aromatic rings. The average Bonchev–Trinajstić information content (AvgIpc) is 2.47. The van der Waals surface area contributed by atoms with E-state index in [1.165, 1.54) is 0 Å². The van der Waals surface area contributed by atoms with Gasteiger partial charge in [-0.3, -0.25) is 4.79 Å². The van der Waals surface area contributed by atoms with Crippen LogP contribution in [0, 0.1) is 5.92 Å². The summed E-state index contributed by atoms with van der Waals surface area (Å²) < 4.78 is 9.74. The molecule has 1 unspecified atom stereocenters. The predicted octanol–water partition coefficient (Wildman–Crippen LogP) is 1.44. The molecule has 1 heterocycles. The van der Waals surface area contributed by atoms with Gasteiger partial charge in [-0.1, -0.05) is 13.8 Å². The lowest BCUT2D eigenvalue weighted by atomic mass is 10.2. The van der Waals surface area contributed by atoms with E-state index in [1.54, 1.807) is 13.8 Å². The molecule has 1 aliphatic heterocycles. The van der Waals surface area contributed by atoms with Crippen LogP contribution in [0.15, 0.2) is 0 Å². The first-order valence-electron chi connectivity index (χ1n) is 4.09. The van der Waals surface area contributed by atoms with Crippen molar-refractivity contribution in [2.24, 2.45) is 5.92 Å². The molecular formula is C8H12O4S. The highest BCUT2D eigenvalue weighted by Gasteiger charge is 2.25. The number of cyclic esters (lactones) is 1. The Morgan fingerprint density at radius 2 is 2.46 bits per heavy atom. The molecule has 1 atom stereocenters. The molecule has 0 aromatic carbocycles. The summed E-state index contributed by atoms with van der Waals surface area (Å²) in [5.74, 6) is 0.183. The van der Waals surface area contributed by atoms with E-state index >= 15 is 0 Å². The summed E-state index contributed by atoms with van der Waals surface area (Å²) in [6, 6.07) is 0. The third-order valence-corrected chi connectivity index (χ3v) is 2.40. The SMILES string of the molecule is CC(C)C(=O)OCC1CSC(=O)O1. The molecule has 0 amide bonds. The summed E-state index contributed by atoms with van der Waals surface area (Å²) in [6.45, 7) is 3.70. The van der Waals surface area contributed by atoms with Crippen LogP contribution in [0.2, 0.25) is 0 Å². The van der Waals surface area contributed by atoms with Gasteiger partial charge in [0, 0.05) is 5.75 Å². The highest BCUT2D eigenvalue weighted by Crippen LogP contribution is 2.19. The van der Waals surface area contributed by atoms with Gasteiger partial charge in [0.1, 0.15) is 12.7 Å². The zero-order valence-corrected chi connectivity index (χ0v) is 8.43. The zero-order chi connectivity index (χ0) is 9.84. The lowest BCUT2D eigenvalue weighted by Gasteiger charge is -2.10. The summed E-state index contributed by atoms with van der Waals surface area (Å²) in [7, 11) is 0. The maximum absolute atomic E-state index is 11.0. The number of ether oxygens (including phenoxy) is 2. The van der Waals surface area contributed by atoms with Crippen molar-refractivity contribution in [3.05, 3.63) is 0 Å². The summed E-state index contributed by atoms with van der Waals surface area (Å²) in [6.07, 6.45) is -0.264. The van der Waals surface area contributed by atoms with Crippen LogP contribution in [-0.4, -0.2) is 29.7 Å². The summed E-state index contributed by atoms with van der Waals surface area (Å²) in [5.41, 5.74) is 0. The molecule has 1 saturated heterocycles. The van der Waals surface area contributed by atoms with Crippen molar-refractivity contribution in [3.63, 3.8) is 0 Å². The van der Waals surface area contributed by atoms with Crippen LogP contribution in [0.3, 0.4) is 0 Å². The molecule has 5 heteroatoms. The minimum Gasteiger partial charge on any atom is -0.462 e. The van der Waals surface area contributed by atoms with E-state index < -0.39 is 0 Å². The topological polar surface area (TPSA) is 52.6 Å². The molecule has 13 heavy (non-hydrogen) atoms. The van der Waals surface area contributed by atoms with E-state index in [0.717, 1.165) is 11.8 Å². The highest BCUT2D eigenvalue weighted by molar-refractivity contribution is 8.13. The number of carbonyl (C=O) groups is 2. The fourth-order valence-electron chi connectivity index (χ4n) is 0.789. The highest BCUT2D eigenvalue weighted by atomic mass is 32.2. The molecule has 0 N–H and O–H groups in total. The van der Waals surface area contributed by atoms with E-state index in [9.17, 15) is 9.59 Å². The molecule has 0 saturated carbocycles. The Labute approximate surface area is 81.0 Å². The molecule has 0 radical (unpaired) electrons. The fraction of sp³-hybridized carbons (Fsp3) is 0.750. The van der Waals surface area contributed by atoms with Gasteiger partial charge in [-0.15, -0.1) is 0 Å². The first kappa shape index (κ1) is 10.4. The molecule has 74 valence electrons. The molecule has 1 aliphatic rings. The number of hydrogen-bond acceptors (Lipinski definition) is 5. The Morgan fingerprint density at radius 1 is 1.77 bits per heavy atom. The summed E-state index contributed by atoms with van der Waals surface area (Å²) >= 11 is 1.11. The average molecular weight is 204 g/mol. The second-order valence-corrected chi connectivity index (χ2v) is 4.04. The van der Waals surface area contributed by atoms with Crippen LogP contribution < -0.4 is 0 Å². The monoisotopic (exact) mass is 204 g/mol. The Kier molecular flexibility index (Phi) is 3.59. The van der Waals surface area contributed by atoms with Gasteiger partial charge in [0.05, 0.1) is 5.92 Å². The van der Waals surface area contributed by atoms with E-state index in [-0.39, 0.29) is 29.9 Å². The first-order chi connectivity index (χ1) is 6.09. The number of hydrogen-bond donors (Lipinski definition) is 0. The van der Waals surface area contributed by atoms with E-state index in [0.29, 0.717) is 5.75 Å². The Hall–Kier alpha value is -0.710. The van der Waals surface area contributed by atoms with Crippen LogP contribution in [-0.2, 0) is 14.3 Å². The lowest BCUT2D eigenvalue weighted by molar-refractivity contribution is -0.149. The second kappa shape index (κ2) is 4.50. The fourth-order valence-corrected chi connectivity index (χ4v) is 1.48. The molecule has 0 bridgehead atoms. The van der Waals surface area contributed by atoms with Gasteiger partial charge >= 0.3 is 11.3 Å². The second-order valence-electron chi connectivity index (χ2n) is 3.09. The van der Waals surface area contributed by atoms with Crippen molar-refractivity contribution >= 4 is 23.0 Å². The molecule has 0 spiro atoms. The minimum atomic E-state index is -0.286. The van der Waals surface area contributed by atoms with Gasteiger partial charge in [-0.05, 0) is 11.8 Å². The van der Waals surface area contributed by atoms with Crippen molar-refractivity contribution in [3.8, 4) is 0 Å². The third-order valence-electron chi connectivity index (χ3n) is 1.53. The molecule has 1 fully saturated rings. The minimum absolute atomic E-state index is 0.134. The van der Waals surface area contributed by atoms with Crippen molar-refractivity contribution in [1.29, 1.82) is 0 Å². The molecule has 0 aromatic heterocycles. The molecular weight excluding hydrogens is 192 g/mol. The van der Waals surface area contributed by atoms with Crippen LogP contribution in [0.1, 0.15) is 13.8 Å². The number of carbonyl (C=O) groups excluding carboxylic acids is 2. The van der Waals surface area contributed by atoms with Gasteiger partial charge in [-0.25, -0.2) is 4.79 Å². The maximum Gasteiger partial charge on any atom is 0.367 e. The smallest absolute Gasteiger partial charge is 0.367 e. The van der Waals surface area contributed by atoms with E-state index in [4.69, 9.17) is 9.47 Å². The van der Waals surface area contributed by atoms with Crippen molar-refractivity contribution in [1.82, 2.24) is 0 Å². The predicted molar refractivity (Wildman–Crippen MR) is 48.5 cm³/mol. The summed E-state index contributed by atoms with van der Waals surface area (Å²) in [5, 5.41) is -0.286. The van der Waals surface area contributed by atoms with Crippen molar-refractivity contribution in [2.75, 3.05) is 12.4 Å². The Bertz CT molecular complexity index is 214. The standard InChI is InChI=1S/C8H12O4S/c1-5(2)7(9)11-3-6-4-13-8(10)12-6/h5-6H,3-4H2,1-2H3. The van der Waals surface area contributed by atoms with Crippen LogP contribution in [0.25, 0.3) is 0 Å². The molecule has 4 nitrogen and oxygen atoms in total. The van der Waals surface area contributed by atoms with Crippen LogP contribution in [0.5, 0.6) is 0 Å². The zero-order valence-electron chi connectivity index (χ0n) is 7.61. The van der Waals surface area contributed by atoms with E-state index in [1.807, 2.05) is 0 Å². The Morgan fingerprint density at radius 3 is 2.92 bits per heavy atom. The van der Waals surface area contributed by atoms with Gasteiger partial charge in [0.25, 0.3) is 0 Å². The Balaban J connectivity index is 2.19. The van der Waals surface area contributed by atoms with Gasteiger partial charge in [0.2, 0.25) is 0 Å². The van der Waals surface area contributed by atoms with Crippen LogP contribution in [0.4, 0.5) is 4.79 Å². The maximum atomic E-state index is 11.0. The number of thioether (sulfide) groups is 1. The van der Waals surface area contributed by atoms with Crippen molar-refractivity contribution < 1.29 is 19.1 Å². The lowest BCUT2D eigenvalue weighted by Crippen LogP contribution is -2.22. The van der Waals surface area contributed by atoms with Gasteiger partial charge in [0.15, 0.2) is 0 Å². The quantitative estimate of drug-likeness (QED) is 0.651. The van der Waals surface area contributed by atoms with Crippen molar-refractivity contribution in [2.45, 2.75) is 20.0 Å². The van der Waals surface area contributed by atoms with Gasteiger partial charge in [-0.2, -0.15) is 0 Å². The molecule has 1 rings (SSSR count). The molecule has 0 aliphatic carbocycles. The van der Waals surface area contributed by atoms with E-state index in [2.05, 4.69) is 0 Å². The number of esters is 1. The van der Waals surface area contributed by atoms with Gasteiger partial charge < -0.3 is 9.47 Å². The first-order valence-corrected chi connectivity index (χ1v) is 5.08. The third kappa shape index (κ3) is 3.26. The summed E-state index contributed by atoms with van der Waals surface area (Å²) in [4.78, 5) is 21.6.